The smallest absolute Gasteiger partial charge is 0.139 e. The molecule has 0 heterocycles. The summed E-state index contributed by atoms with van der Waals surface area (Å²) in [6.07, 6.45) is 8.51. The molecule has 1 nitrogen and oxygen atoms in total. The maximum atomic E-state index is 12.8. The van der Waals surface area contributed by atoms with Gasteiger partial charge in [-0.25, -0.2) is 0 Å². The summed E-state index contributed by atoms with van der Waals surface area (Å²) >= 11 is 0. The number of carbonyl (C=O) groups excluding carboxylic acids is 1. The van der Waals surface area contributed by atoms with E-state index in [-0.39, 0.29) is 5.41 Å². The van der Waals surface area contributed by atoms with Crippen molar-refractivity contribution in [2.75, 3.05) is 0 Å². The van der Waals surface area contributed by atoms with Gasteiger partial charge in [0, 0.05) is 11.8 Å². The summed E-state index contributed by atoms with van der Waals surface area (Å²) in [5, 5.41) is 0. The van der Waals surface area contributed by atoms with Crippen molar-refractivity contribution in [3.63, 3.8) is 0 Å². The Morgan fingerprint density at radius 2 is 1.72 bits per heavy atom. The van der Waals surface area contributed by atoms with Gasteiger partial charge >= 0.3 is 0 Å². The number of hydrogen-bond donors (Lipinski definition) is 0. The molecule has 0 spiro atoms. The minimum Gasteiger partial charge on any atom is -0.299 e. The van der Waals surface area contributed by atoms with Gasteiger partial charge in [0.2, 0.25) is 0 Å². The summed E-state index contributed by atoms with van der Waals surface area (Å²) in [5.41, 5.74) is 0.252. The van der Waals surface area contributed by atoms with E-state index in [9.17, 15) is 4.79 Å². The molecule has 2 saturated carbocycles. The molecule has 2 fully saturated rings. The van der Waals surface area contributed by atoms with E-state index in [2.05, 4.69) is 27.7 Å². The molecule has 4 atom stereocenters. The minimum atomic E-state index is 0.252. The van der Waals surface area contributed by atoms with Crippen LogP contribution in [0.4, 0.5) is 0 Å². The highest BCUT2D eigenvalue weighted by atomic mass is 16.1. The summed E-state index contributed by atoms with van der Waals surface area (Å²) in [5.74, 6) is 2.88. The zero-order valence-corrected chi connectivity index (χ0v) is 12.7. The first-order valence-corrected chi connectivity index (χ1v) is 7.95. The Hall–Kier alpha value is -0.330. The third-order valence-corrected chi connectivity index (χ3v) is 5.85. The van der Waals surface area contributed by atoms with E-state index in [4.69, 9.17) is 0 Å². The van der Waals surface area contributed by atoms with Gasteiger partial charge in [0.25, 0.3) is 0 Å². The number of ketones is 1. The lowest BCUT2D eigenvalue weighted by molar-refractivity contribution is -0.134. The predicted molar refractivity (Wildman–Crippen MR) is 76.4 cm³/mol. The van der Waals surface area contributed by atoms with Gasteiger partial charge in [0.05, 0.1) is 0 Å². The lowest BCUT2D eigenvalue weighted by Gasteiger charge is -2.41. The van der Waals surface area contributed by atoms with Gasteiger partial charge in [-0.15, -0.1) is 0 Å². The summed E-state index contributed by atoms with van der Waals surface area (Å²) < 4.78 is 0. The van der Waals surface area contributed by atoms with Crippen LogP contribution in [0.15, 0.2) is 0 Å². The molecule has 0 bridgehead atoms. The Morgan fingerprint density at radius 1 is 1.00 bits per heavy atom. The molecule has 2 rings (SSSR count). The van der Waals surface area contributed by atoms with Crippen molar-refractivity contribution in [2.24, 2.45) is 29.1 Å². The van der Waals surface area contributed by atoms with Crippen LogP contribution in [0.5, 0.6) is 0 Å². The first kappa shape index (κ1) is 14.1. The molecule has 2 aliphatic rings. The van der Waals surface area contributed by atoms with Crippen LogP contribution >= 0.6 is 0 Å². The van der Waals surface area contributed by atoms with Crippen LogP contribution in [0, 0.1) is 29.1 Å². The second kappa shape index (κ2) is 5.35. The van der Waals surface area contributed by atoms with E-state index in [1.165, 1.54) is 25.7 Å². The van der Waals surface area contributed by atoms with E-state index in [1.807, 2.05) is 0 Å². The Balaban J connectivity index is 2.02. The molecular formula is C17H30O. The van der Waals surface area contributed by atoms with Crippen LogP contribution in [-0.2, 0) is 4.79 Å². The van der Waals surface area contributed by atoms with Crippen molar-refractivity contribution in [1.82, 2.24) is 0 Å². The summed E-state index contributed by atoms with van der Waals surface area (Å²) in [7, 11) is 0. The van der Waals surface area contributed by atoms with Crippen molar-refractivity contribution in [3.05, 3.63) is 0 Å². The first-order chi connectivity index (χ1) is 8.42. The Bertz CT molecular complexity index is 305. The third kappa shape index (κ3) is 2.81. The highest BCUT2D eigenvalue weighted by Crippen LogP contribution is 2.44. The van der Waals surface area contributed by atoms with Gasteiger partial charge in [-0.1, -0.05) is 40.5 Å². The van der Waals surface area contributed by atoms with E-state index in [1.54, 1.807) is 0 Å². The molecule has 0 aromatic heterocycles. The van der Waals surface area contributed by atoms with E-state index >= 15 is 0 Å². The molecule has 0 radical (unpaired) electrons. The average molecular weight is 250 g/mol. The molecule has 0 amide bonds. The Labute approximate surface area is 113 Å². The molecule has 0 saturated heterocycles. The lowest BCUT2D eigenvalue weighted by Crippen LogP contribution is -2.39. The van der Waals surface area contributed by atoms with Crippen LogP contribution in [0.2, 0.25) is 0 Å². The number of Topliss-reactive ketones (excluding diaryl/α,β-unsaturated/α-hetero) is 1. The van der Waals surface area contributed by atoms with Gasteiger partial charge in [-0.3, -0.25) is 4.79 Å². The average Bonchev–Trinajstić information content (AvgIpc) is 2.31. The Kier molecular flexibility index (Phi) is 4.18. The van der Waals surface area contributed by atoms with Crippen LogP contribution in [0.1, 0.15) is 72.6 Å². The molecule has 2 aliphatic carbocycles. The molecule has 4 unspecified atom stereocenters. The number of carbonyl (C=O) groups is 1. The zero-order chi connectivity index (χ0) is 13.3. The second-order valence-corrected chi connectivity index (χ2v) is 7.65. The SMILES string of the molecule is CC1CCC(C(=O)C2CCCCC2(C)C)CC1C. The van der Waals surface area contributed by atoms with E-state index in [0.29, 0.717) is 17.6 Å². The van der Waals surface area contributed by atoms with Crippen molar-refractivity contribution in [3.8, 4) is 0 Å². The highest BCUT2D eigenvalue weighted by Gasteiger charge is 2.41. The summed E-state index contributed by atoms with van der Waals surface area (Å²) in [6.45, 7) is 9.29. The molecule has 104 valence electrons. The van der Waals surface area contributed by atoms with Crippen LogP contribution in [0.3, 0.4) is 0 Å². The fraction of sp³-hybridized carbons (Fsp3) is 0.941. The summed E-state index contributed by atoms with van der Waals surface area (Å²) in [6, 6.07) is 0. The molecule has 18 heavy (non-hydrogen) atoms. The topological polar surface area (TPSA) is 17.1 Å². The fourth-order valence-electron chi connectivity index (χ4n) is 4.11. The second-order valence-electron chi connectivity index (χ2n) is 7.65. The molecule has 1 heteroatoms. The van der Waals surface area contributed by atoms with E-state index in [0.717, 1.165) is 31.1 Å². The van der Waals surface area contributed by atoms with Crippen molar-refractivity contribution >= 4 is 5.78 Å². The van der Waals surface area contributed by atoms with Gasteiger partial charge < -0.3 is 0 Å². The summed E-state index contributed by atoms with van der Waals surface area (Å²) in [4.78, 5) is 12.8. The standard InChI is InChI=1S/C17H30O/c1-12-8-9-14(11-13(12)2)16(18)15-7-5-6-10-17(15,3)4/h12-15H,5-11H2,1-4H3. The van der Waals surface area contributed by atoms with Crippen molar-refractivity contribution in [2.45, 2.75) is 72.6 Å². The first-order valence-electron chi connectivity index (χ1n) is 7.95. The maximum absolute atomic E-state index is 12.8. The molecule has 0 aromatic carbocycles. The largest absolute Gasteiger partial charge is 0.299 e. The van der Waals surface area contributed by atoms with Crippen molar-refractivity contribution in [1.29, 1.82) is 0 Å². The monoisotopic (exact) mass is 250 g/mol. The van der Waals surface area contributed by atoms with Gasteiger partial charge in [-0.05, 0) is 49.4 Å². The van der Waals surface area contributed by atoms with E-state index < -0.39 is 0 Å². The van der Waals surface area contributed by atoms with Crippen molar-refractivity contribution < 1.29 is 4.79 Å². The molecular weight excluding hydrogens is 220 g/mol. The highest BCUT2D eigenvalue weighted by molar-refractivity contribution is 5.84. The van der Waals surface area contributed by atoms with Crippen LogP contribution in [0.25, 0.3) is 0 Å². The predicted octanol–water partition coefficient (Wildman–Crippen LogP) is 4.84. The quantitative estimate of drug-likeness (QED) is 0.685. The molecule has 0 aromatic rings. The van der Waals surface area contributed by atoms with Gasteiger partial charge in [0.1, 0.15) is 5.78 Å². The normalized spacial score (nSPS) is 40.4. The molecule has 0 N–H and O–H groups in total. The van der Waals surface area contributed by atoms with Gasteiger partial charge in [-0.2, -0.15) is 0 Å². The lowest BCUT2D eigenvalue weighted by atomic mass is 9.63. The number of hydrogen-bond acceptors (Lipinski definition) is 1. The fourth-order valence-corrected chi connectivity index (χ4v) is 4.11. The maximum Gasteiger partial charge on any atom is 0.139 e. The number of rotatable bonds is 2. The van der Waals surface area contributed by atoms with Crippen LogP contribution < -0.4 is 0 Å². The zero-order valence-electron chi connectivity index (χ0n) is 12.7. The third-order valence-electron chi connectivity index (χ3n) is 5.85. The molecule has 0 aliphatic heterocycles. The Morgan fingerprint density at radius 3 is 2.33 bits per heavy atom. The van der Waals surface area contributed by atoms with Crippen LogP contribution in [-0.4, -0.2) is 5.78 Å². The van der Waals surface area contributed by atoms with Gasteiger partial charge in [0.15, 0.2) is 0 Å². The minimum absolute atomic E-state index is 0.252.